The number of hydrogen-bond acceptors (Lipinski definition) is 5. The number of aryl methyl sites for hydroxylation is 2. The molecule has 0 aliphatic carbocycles. The molecular formula is C26H18BrCl2NO5. The lowest BCUT2D eigenvalue weighted by Crippen LogP contribution is -2.38. The predicted molar refractivity (Wildman–Crippen MR) is 136 cm³/mol. The van der Waals surface area contributed by atoms with Crippen LogP contribution >= 0.6 is 39.1 Å². The van der Waals surface area contributed by atoms with Crippen LogP contribution in [0.1, 0.15) is 43.5 Å². The quantitative estimate of drug-likeness (QED) is 0.162. The molecule has 3 aromatic rings. The minimum Gasteiger partial charge on any atom is -0.453 e. The van der Waals surface area contributed by atoms with E-state index in [1.807, 2.05) is 0 Å². The maximum absolute atomic E-state index is 13.6. The Morgan fingerprint density at radius 1 is 0.971 bits per heavy atom. The number of cyclic esters (lactones) is 1. The van der Waals surface area contributed by atoms with Gasteiger partial charge in [0.05, 0.1) is 15.6 Å². The van der Waals surface area contributed by atoms with E-state index in [4.69, 9.17) is 27.9 Å². The molecule has 0 saturated heterocycles. The summed E-state index contributed by atoms with van der Waals surface area (Å²) in [6.07, 6.45) is -1.27. The van der Waals surface area contributed by atoms with E-state index in [1.54, 1.807) is 44.2 Å². The van der Waals surface area contributed by atoms with Gasteiger partial charge in [-0.3, -0.25) is 14.4 Å². The number of rotatable bonds is 6. The zero-order valence-corrected chi connectivity index (χ0v) is 21.6. The van der Waals surface area contributed by atoms with Crippen molar-refractivity contribution in [2.75, 3.05) is 5.32 Å². The van der Waals surface area contributed by atoms with Crippen LogP contribution in [-0.4, -0.2) is 23.4 Å². The van der Waals surface area contributed by atoms with E-state index in [0.29, 0.717) is 11.3 Å². The maximum Gasteiger partial charge on any atom is 0.339 e. The average Bonchev–Trinajstić information content (AvgIpc) is 3.14. The van der Waals surface area contributed by atoms with Gasteiger partial charge in [-0.05, 0) is 61.4 Å². The summed E-state index contributed by atoms with van der Waals surface area (Å²) in [6.45, 7) is 3.57. The second-order valence-electron chi connectivity index (χ2n) is 8.12. The minimum atomic E-state index is -1.63. The summed E-state index contributed by atoms with van der Waals surface area (Å²) in [6, 6.07) is 14.2. The molecule has 1 aliphatic rings. The molecule has 1 heterocycles. The van der Waals surface area contributed by atoms with E-state index in [-0.39, 0.29) is 21.2 Å². The fourth-order valence-electron chi connectivity index (χ4n) is 4.07. The number of nitrogens with one attached hydrogen (secondary N) is 1. The average molecular weight is 575 g/mol. The summed E-state index contributed by atoms with van der Waals surface area (Å²) in [5, 5.41) is 2.96. The highest BCUT2D eigenvalue weighted by Gasteiger charge is 2.46. The Bertz CT molecular complexity index is 1380. The monoisotopic (exact) mass is 573 g/mol. The molecule has 0 radical (unpaired) electrons. The number of halogens is 3. The molecule has 3 aromatic carbocycles. The Labute approximate surface area is 219 Å². The third-order valence-electron chi connectivity index (χ3n) is 5.75. The van der Waals surface area contributed by atoms with Gasteiger partial charge in [-0.1, -0.05) is 57.3 Å². The Morgan fingerprint density at radius 3 is 2.29 bits per heavy atom. The number of esters is 1. The Balaban J connectivity index is 1.75. The predicted octanol–water partition coefficient (Wildman–Crippen LogP) is 6.29. The summed E-state index contributed by atoms with van der Waals surface area (Å²) in [5.41, 5.74) is 2.55. The third kappa shape index (κ3) is 4.89. The number of carbonyl (C=O) groups excluding carboxylic acids is 4. The van der Waals surface area contributed by atoms with Gasteiger partial charge in [0.2, 0.25) is 5.78 Å². The van der Waals surface area contributed by atoms with Crippen molar-refractivity contribution in [2.24, 2.45) is 5.92 Å². The highest BCUT2D eigenvalue weighted by atomic mass is 79.9. The molecule has 2 atom stereocenters. The number of Topliss-reactive ketones (excluding diaryl/α,β-unsaturated/α-hetero) is 2. The summed E-state index contributed by atoms with van der Waals surface area (Å²) >= 11 is 15.5. The standard InChI is InChI=1S/C26H18BrCl2NO5/c1-12-9-15(27)10-13(2)21(12)30-25(33)23(32)20(22(31)14-7-8-18(28)19(29)11-14)24-16-5-3-4-6-17(16)26(34)35-24/h3-11,20,24H,1-2H3,(H,30,33)/t20-,24-/m1/s1. The summed E-state index contributed by atoms with van der Waals surface area (Å²) in [7, 11) is 0. The van der Waals surface area contributed by atoms with E-state index < -0.39 is 35.5 Å². The van der Waals surface area contributed by atoms with E-state index >= 15 is 0 Å². The number of ketones is 2. The molecule has 0 saturated carbocycles. The van der Waals surface area contributed by atoms with E-state index in [0.717, 1.165) is 15.6 Å². The number of carbonyl (C=O) groups is 4. The topological polar surface area (TPSA) is 89.5 Å². The second-order valence-corrected chi connectivity index (χ2v) is 9.85. The first-order valence-electron chi connectivity index (χ1n) is 10.5. The molecule has 0 unspecified atom stereocenters. The van der Waals surface area contributed by atoms with E-state index in [2.05, 4.69) is 21.2 Å². The van der Waals surface area contributed by atoms with Gasteiger partial charge < -0.3 is 10.1 Å². The molecule has 1 amide bonds. The molecule has 4 rings (SSSR count). The molecule has 0 spiro atoms. The Hall–Kier alpha value is -3.00. The molecule has 0 aromatic heterocycles. The molecule has 0 fully saturated rings. The lowest BCUT2D eigenvalue weighted by Gasteiger charge is -2.21. The van der Waals surface area contributed by atoms with Crippen molar-refractivity contribution in [1.29, 1.82) is 0 Å². The summed E-state index contributed by atoms with van der Waals surface area (Å²) in [5.74, 6) is -5.07. The van der Waals surface area contributed by atoms with Crippen molar-refractivity contribution in [3.63, 3.8) is 0 Å². The van der Waals surface area contributed by atoms with Crippen LogP contribution in [0, 0.1) is 19.8 Å². The third-order valence-corrected chi connectivity index (χ3v) is 6.95. The maximum atomic E-state index is 13.6. The van der Waals surface area contributed by atoms with Crippen LogP contribution in [0.15, 0.2) is 59.1 Å². The van der Waals surface area contributed by atoms with Crippen LogP contribution < -0.4 is 5.32 Å². The van der Waals surface area contributed by atoms with Gasteiger partial charge in [0.25, 0.3) is 5.91 Å². The van der Waals surface area contributed by atoms with Gasteiger partial charge in [-0.2, -0.15) is 0 Å². The molecule has 178 valence electrons. The van der Waals surface area contributed by atoms with E-state index in [9.17, 15) is 19.2 Å². The molecule has 35 heavy (non-hydrogen) atoms. The SMILES string of the molecule is Cc1cc(Br)cc(C)c1NC(=O)C(=O)[C@@H](C(=O)c1ccc(Cl)c(Cl)c1)[C@@H]1OC(=O)c2ccccc21. The van der Waals surface area contributed by atoms with Crippen LogP contribution in [0.2, 0.25) is 10.0 Å². The summed E-state index contributed by atoms with van der Waals surface area (Å²) < 4.78 is 6.27. The van der Waals surface area contributed by atoms with Crippen molar-refractivity contribution in [1.82, 2.24) is 0 Å². The minimum absolute atomic E-state index is 0.0574. The number of hydrogen-bond donors (Lipinski definition) is 1. The fraction of sp³-hybridized carbons (Fsp3) is 0.154. The number of benzene rings is 3. The van der Waals surface area contributed by atoms with Gasteiger partial charge in [0.15, 0.2) is 5.78 Å². The van der Waals surface area contributed by atoms with Gasteiger partial charge in [0, 0.05) is 21.3 Å². The van der Waals surface area contributed by atoms with Crippen molar-refractivity contribution in [3.8, 4) is 0 Å². The zero-order valence-electron chi connectivity index (χ0n) is 18.5. The number of anilines is 1. The largest absolute Gasteiger partial charge is 0.453 e. The molecule has 6 nitrogen and oxygen atoms in total. The zero-order chi connectivity index (χ0) is 25.4. The number of ether oxygens (including phenoxy) is 1. The van der Waals surface area contributed by atoms with Gasteiger partial charge in [0.1, 0.15) is 12.0 Å². The Morgan fingerprint density at radius 2 is 1.63 bits per heavy atom. The molecule has 1 aliphatic heterocycles. The normalized spacial score (nSPS) is 15.2. The first-order valence-corrected chi connectivity index (χ1v) is 12.0. The molecule has 1 N–H and O–H groups in total. The van der Waals surface area contributed by atoms with Crippen LogP contribution in [0.4, 0.5) is 5.69 Å². The van der Waals surface area contributed by atoms with Gasteiger partial charge >= 0.3 is 5.97 Å². The lowest BCUT2D eigenvalue weighted by molar-refractivity contribution is -0.138. The van der Waals surface area contributed by atoms with Crippen LogP contribution in [0.3, 0.4) is 0 Å². The van der Waals surface area contributed by atoms with Gasteiger partial charge in [-0.15, -0.1) is 0 Å². The molecule has 0 bridgehead atoms. The molecule has 9 heteroatoms. The van der Waals surface area contributed by atoms with Crippen LogP contribution in [0.25, 0.3) is 0 Å². The molecular weight excluding hydrogens is 557 g/mol. The highest BCUT2D eigenvalue weighted by molar-refractivity contribution is 9.10. The highest BCUT2D eigenvalue weighted by Crippen LogP contribution is 2.39. The number of amides is 1. The summed E-state index contributed by atoms with van der Waals surface area (Å²) in [4.78, 5) is 52.7. The van der Waals surface area contributed by atoms with Crippen molar-refractivity contribution < 1.29 is 23.9 Å². The first-order chi connectivity index (χ1) is 16.6. The van der Waals surface area contributed by atoms with Gasteiger partial charge in [-0.25, -0.2) is 4.79 Å². The van der Waals surface area contributed by atoms with Crippen molar-refractivity contribution >= 4 is 68.3 Å². The fourth-order valence-corrected chi connectivity index (χ4v) is 5.05. The van der Waals surface area contributed by atoms with Crippen molar-refractivity contribution in [3.05, 3.63) is 96.9 Å². The Kier molecular flexibility index (Phi) is 7.12. The number of fused-ring (bicyclic) bond motifs is 1. The van der Waals surface area contributed by atoms with Crippen LogP contribution in [0.5, 0.6) is 0 Å². The van der Waals surface area contributed by atoms with E-state index in [1.165, 1.54) is 24.3 Å². The first kappa shape index (κ1) is 25.1. The van der Waals surface area contributed by atoms with Crippen LogP contribution in [-0.2, 0) is 14.3 Å². The second kappa shape index (κ2) is 9.93. The van der Waals surface area contributed by atoms with Crippen molar-refractivity contribution in [2.45, 2.75) is 20.0 Å². The lowest BCUT2D eigenvalue weighted by atomic mass is 9.84. The smallest absolute Gasteiger partial charge is 0.339 e.